The first-order chi connectivity index (χ1) is 9.31. The molecule has 0 atom stereocenters. The minimum absolute atomic E-state index is 0.0717. The second-order valence-electron chi connectivity index (χ2n) is 4.22. The maximum atomic E-state index is 12.2. The largest absolute Gasteiger partial charge is 0.334 e. The van der Waals surface area contributed by atoms with Crippen LogP contribution in [0.5, 0.6) is 0 Å². The monoisotopic (exact) mass is 254 g/mol. The van der Waals surface area contributed by atoms with Crippen LogP contribution in [0.4, 0.5) is 10.5 Å². The van der Waals surface area contributed by atoms with E-state index in [0.29, 0.717) is 13.1 Å². The molecule has 0 unspecified atom stereocenters. The Balaban J connectivity index is 1.98. The molecule has 0 aliphatic carbocycles. The van der Waals surface area contributed by atoms with Crippen LogP contribution in [0.3, 0.4) is 0 Å². The van der Waals surface area contributed by atoms with Gasteiger partial charge in [-0.2, -0.15) is 0 Å². The molecule has 2 aromatic rings. The van der Waals surface area contributed by atoms with Crippen LogP contribution < -0.4 is 10.2 Å². The summed E-state index contributed by atoms with van der Waals surface area (Å²) in [5.41, 5.74) is 2.01. The van der Waals surface area contributed by atoms with E-state index >= 15 is 0 Å². The molecule has 98 valence electrons. The average molecular weight is 254 g/mol. The highest BCUT2D eigenvalue weighted by Crippen LogP contribution is 2.12. The van der Waals surface area contributed by atoms with Gasteiger partial charge in [-0.25, -0.2) is 4.79 Å². The van der Waals surface area contributed by atoms with Crippen LogP contribution in [-0.4, -0.2) is 12.6 Å². The molecule has 0 spiro atoms. The van der Waals surface area contributed by atoms with Crippen LogP contribution in [0.25, 0.3) is 0 Å². The Hall–Kier alpha value is -2.29. The Bertz CT molecular complexity index is 511. The molecule has 3 heteroatoms. The van der Waals surface area contributed by atoms with Crippen LogP contribution in [0.2, 0.25) is 0 Å². The molecule has 0 saturated heterocycles. The topological polar surface area (TPSA) is 32.3 Å². The number of nitrogens with one attached hydrogen (secondary N) is 1. The van der Waals surface area contributed by atoms with E-state index in [1.807, 2.05) is 67.6 Å². The van der Waals surface area contributed by atoms with Crippen molar-refractivity contribution >= 4 is 11.7 Å². The summed E-state index contributed by atoms with van der Waals surface area (Å²) in [6.07, 6.45) is 0. The fraction of sp³-hybridized carbons (Fsp3) is 0.188. The second kappa shape index (κ2) is 6.59. The number of urea groups is 1. The smallest absolute Gasteiger partial charge is 0.322 e. The molecule has 0 aromatic heterocycles. The highest BCUT2D eigenvalue weighted by atomic mass is 16.2. The molecule has 0 aliphatic heterocycles. The minimum atomic E-state index is -0.0717. The first-order valence-electron chi connectivity index (χ1n) is 6.45. The molecule has 19 heavy (non-hydrogen) atoms. The summed E-state index contributed by atoms with van der Waals surface area (Å²) in [5.74, 6) is 0. The van der Waals surface area contributed by atoms with Crippen LogP contribution in [0.1, 0.15) is 12.5 Å². The highest BCUT2D eigenvalue weighted by molar-refractivity contribution is 5.91. The maximum Gasteiger partial charge on any atom is 0.322 e. The van der Waals surface area contributed by atoms with Gasteiger partial charge < -0.3 is 5.32 Å². The third-order valence-electron chi connectivity index (χ3n) is 2.92. The summed E-state index contributed by atoms with van der Waals surface area (Å²) < 4.78 is 0. The number of anilines is 1. The lowest BCUT2D eigenvalue weighted by molar-refractivity contribution is 0.246. The molecule has 2 rings (SSSR count). The number of carbonyl (C=O) groups excluding carboxylic acids is 1. The molecule has 1 N–H and O–H groups in total. The normalized spacial score (nSPS) is 9.95. The molecule has 0 heterocycles. The van der Waals surface area contributed by atoms with E-state index in [-0.39, 0.29) is 6.03 Å². The minimum Gasteiger partial charge on any atom is -0.334 e. The zero-order valence-corrected chi connectivity index (χ0v) is 11.0. The summed E-state index contributed by atoms with van der Waals surface area (Å²) in [6, 6.07) is 19.5. The number of amides is 2. The zero-order chi connectivity index (χ0) is 13.5. The first-order valence-corrected chi connectivity index (χ1v) is 6.45. The third kappa shape index (κ3) is 3.58. The van der Waals surface area contributed by atoms with Crippen molar-refractivity contribution in [2.75, 3.05) is 11.4 Å². The highest BCUT2D eigenvalue weighted by Gasteiger charge is 2.12. The lowest BCUT2D eigenvalue weighted by Crippen LogP contribution is -2.39. The fourth-order valence-electron chi connectivity index (χ4n) is 1.92. The molecule has 0 bridgehead atoms. The number of carbonyl (C=O) groups is 1. The second-order valence-corrected chi connectivity index (χ2v) is 4.22. The predicted molar refractivity (Wildman–Crippen MR) is 78.1 cm³/mol. The van der Waals surface area contributed by atoms with E-state index in [1.54, 1.807) is 4.90 Å². The number of nitrogens with zero attached hydrogens (tertiary/aromatic N) is 1. The van der Waals surface area contributed by atoms with Gasteiger partial charge in [0.05, 0.1) is 0 Å². The summed E-state index contributed by atoms with van der Waals surface area (Å²) in [7, 11) is 0. The molecular formula is C16H18N2O. The van der Waals surface area contributed by atoms with Crippen LogP contribution in [0, 0.1) is 0 Å². The van der Waals surface area contributed by atoms with Gasteiger partial charge in [-0.3, -0.25) is 4.90 Å². The lowest BCUT2D eigenvalue weighted by Gasteiger charge is -2.21. The molecule has 0 saturated carbocycles. The Morgan fingerprint density at radius 3 is 2.16 bits per heavy atom. The summed E-state index contributed by atoms with van der Waals surface area (Å²) in [5, 5.41) is 2.94. The van der Waals surface area contributed by atoms with Crippen LogP contribution in [0.15, 0.2) is 60.7 Å². The van der Waals surface area contributed by atoms with Crippen molar-refractivity contribution < 1.29 is 4.79 Å². The quantitative estimate of drug-likeness (QED) is 0.890. The first kappa shape index (κ1) is 13.1. The van der Waals surface area contributed by atoms with Crippen molar-refractivity contribution in [3.8, 4) is 0 Å². The van der Waals surface area contributed by atoms with Crippen molar-refractivity contribution in [3.05, 3.63) is 66.2 Å². The molecule has 0 radical (unpaired) electrons. The van der Waals surface area contributed by atoms with Gasteiger partial charge in [0, 0.05) is 18.8 Å². The van der Waals surface area contributed by atoms with Crippen molar-refractivity contribution in [1.29, 1.82) is 0 Å². The van der Waals surface area contributed by atoms with Gasteiger partial charge >= 0.3 is 6.03 Å². The van der Waals surface area contributed by atoms with Gasteiger partial charge in [0.15, 0.2) is 0 Å². The molecular weight excluding hydrogens is 236 g/mol. The number of para-hydroxylation sites is 1. The fourth-order valence-corrected chi connectivity index (χ4v) is 1.92. The summed E-state index contributed by atoms with van der Waals surface area (Å²) in [6.45, 7) is 3.16. The molecule has 2 amide bonds. The number of hydrogen-bond donors (Lipinski definition) is 1. The Morgan fingerprint density at radius 2 is 1.58 bits per heavy atom. The maximum absolute atomic E-state index is 12.2. The number of hydrogen-bond acceptors (Lipinski definition) is 1. The van der Waals surface area contributed by atoms with E-state index in [9.17, 15) is 4.79 Å². The van der Waals surface area contributed by atoms with Gasteiger partial charge in [0.2, 0.25) is 0 Å². The van der Waals surface area contributed by atoms with Crippen LogP contribution in [-0.2, 0) is 6.54 Å². The predicted octanol–water partition coefficient (Wildman–Crippen LogP) is 3.42. The number of rotatable bonds is 4. The van der Waals surface area contributed by atoms with Crippen molar-refractivity contribution in [3.63, 3.8) is 0 Å². The SMILES string of the molecule is CCN(C(=O)NCc1ccccc1)c1ccccc1. The van der Waals surface area contributed by atoms with Gasteiger partial charge in [-0.15, -0.1) is 0 Å². The number of benzene rings is 2. The summed E-state index contributed by atoms with van der Waals surface area (Å²) in [4.78, 5) is 13.9. The van der Waals surface area contributed by atoms with E-state index in [0.717, 1.165) is 11.3 Å². The van der Waals surface area contributed by atoms with Crippen molar-refractivity contribution in [1.82, 2.24) is 5.32 Å². The molecule has 2 aromatic carbocycles. The van der Waals surface area contributed by atoms with Gasteiger partial charge in [-0.1, -0.05) is 48.5 Å². The van der Waals surface area contributed by atoms with E-state index < -0.39 is 0 Å². The van der Waals surface area contributed by atoms with E-state index in [2.05, 4.69) is 5.32 Å². The van der Waals surface area contributed by atoms with Crippen molar-refractivity contribution in [2.45, 2.75) is 13.5 Å². The summed E-state index contributed by atoms with van der Waals surface area (Å²) >= 11 is 0. The Labute approximate surface area is 113 Å². The third-order valence-corrected chi connectivity index (χ3v) is 2.92. The average Bonchev–Trinajstić information content (AvgIpc) is 2.48. The van der Waals surface area contributed by atoms with E-state index in [1.165, 1.54) is 0 Å². The standard InChI is InChI=1S/C16H18N2O/c1-2-18(15-11-7-4-8-12-15)16(19)17-13-14-9-5-3-6-10-14/h3-12H,2,13H2,1H3,(H,17,19). The van der Waals surface area contributed by atoms with E-state index in [4.69, 9.17) is 0 Å². The molecule has 0 aliphatic rings. The molecule has 0 fully saturated rings. The van der Waals surface area contributed by atoms with Gasteiger partial charge in [0.25, 0.3) is 0 Å². The Morgan fingerprint density at radius 1 is 1.00 bits per heavy atom. The zero-order valence-electron chi connectivity index (χ0n) is 11.0. The van der Waals surface area contributed by atoms with Gasteiger partial charge in [0.1, 0.15) is 0 Å². The van der Waals surface area contributed by atoms with Crippen molar-refractivity contribution in [2.24, 2.45) is 0 Å². The lowest BCUT2D eigenvalue weighted by atomic mass is 10.2. The van der Waals surface area contributed by atoms with Crippen LogP contribution >= 0.6 is 0 Å². The van der Waals surface area contributed by atoms with Gasteiger partial charge in [-0.05, 0) is 24.6 Å². The Kier molecular flexibility index (Phi) is 4.56. The molecule has 3 nitrogen and oxygen atoms in total.